The highest BCUT2D eigenvalue weighted by molar-refractivity contribution is 5.94. The van der Waals surface area contributed by atoms with Gasteiger partial charge in [-0.25, -0.2) is 0 Å². The molecule has 1 rings (SSSR count). The molecule has 0 spiro atoms. The topological polar surface area (TPSA) is 38.3 Å². The van der Waals surface area contributed by atoms with E-state index in [1.807, 2.05) is 39.0 Å². The molecule has 3 heteroatoms. The van der Waals surface area contributed by atoms with E-state index in [1.165, 1.54) is 0 Å². The molecule has 1 N–H and O–H groups in total. The summed E-state index contributed by atoms with van der Waals surface area (Å²) in [5.41, 5.74) is 0.680. The van der Waals surface area contributed by atoms with Crippen molar-refractivity contribution in [1.29, 1.82) is 0 Å². The van der Waals surface area contributed by atoms with Gasteiger partial charge in [-0.05, 0) is 32.9 Å². The molecule has 3 nitrogen and oxygen atoms in total. The highest BCUT2D eigenvalue weighted by atomic mass is 16.5. The van der Waals surface area contributed by atoms with E-state index < -0.39 is 0 Å². The van der Waals surface area contributed by atoms with Gasteiger partial charge in [-0.2, -0.15) is 0 Å². The Kier molecular flexibility index (Phi) is 4.99. The van der Waals surface area contributed by atoms with Crippen LogP contribution in [-0.4, -0.2) is 24.7 Å². The average molecular weight is 221 g/mol. The number of carbonyl (C=O) groups excluding carboxylic acids is 1. The molecule has 1 atom stereocenters. The van der Waals surface area contributed by atoms with Gasteiger partial charge in [0, 0.05) is 12.1 Å². The number of carbonyl (C=O) groups is 1. The van der Waals surface area contributed by atoms with Crippen LogP contribution < -0.4 is 5.32 Å². The third-order valence-electron chi connectivity index (χ3n) is 2.09. The van der Waals surface area contributed by atoms with Crippen LogP contribution in [-0.2, 0) is 4.74 Å². The standard InChI is InChI=1S/C13H19NO2/c1-10(2)16-11(3)9-14-13(15)12-7-5-4-6-8-12/h4-8,10-11H,9H2,1-3H3,(H,14,15). The SMILES string of the molecule is CC(C)OC(C)CNC(=O)c1ccccc1. The van der Waals surface area contributed by atoms with Crippen LogP contribution in [0, 0.1) is 0 Å². The average Bonchev–Trinajstić information content (AvgIpc) is 2.26. The zero-order valence-corrected chi connectivity index (χ0v) is 10.1. The Labute approximate surface area is 96.8 Å². The minimum absolute atomic E-state index is 0.0349. The van der Waals surface area contributed by atoms with Crippen molar-refractivity contribution in [2.24, 2.45) is 0 Å². The molecule has 0 saturated heterocycles. The Morgan fingerprint density at radius 3 is 2.44 bits per heavy atom. The van der Waals surface area contributed by atoms with E-state index in [-0.39, 0.29) is 18.1 Å². The van der Waals surface area contributed by atoms with Crippen LogP contribution in [0.2, 0.25) is 0 Å². The van der Waals surface area contributed by atoms with Gasteiger partial charge in [0.2, 0.25) is 0 Å². The number of nitrogens with one attached hydrogen (secondary N) is 1. The van der Waals surface area contributed by atoms with E-state index in [0.29, 0.717) is 12.1 Å². The van der Waals surface area contributed by atoms with Crippen molar-refractivity contribution in [2.75, 3.05) is 6.54 Å². The lowest BCUT2D eigenvalue weighted by atomic mass is 10.2. The molecule has 88 valence electrons. The van der Waals surface area contributed by atoms with Gasteiger partial charge in [0.15, 0.2) is 0 Å². The summed E-state index contributed by atoms with van der Waals surface area (Å²) >= 11 is 0. The summed E-state index contributed by atoms with van der Waals surface area (Å²) < 4.78 is 5.52. The van der Waals surface area contributed by atoms with Crippen LogP contribution in [0.25, 0.3) is 0 Å². The number of ether oxygens (including phenoxy) is 1. The molecule has 0 bridgehead atoms. The van der Waals surface area contributed by atoms with Crippen molar-refractivity contribution in [2.45, 2.75) is 33.0 Å². The normalized spacial score (nSPS) is 12.5. The van der Waals surface area contributed by atoms with Gasteiger partial charge in [0.05, 0.1) is 12.2 Å². The molecule has 1 amide bonds. The Morgan fingerprint density at radius 1 is 1.25 bits per heavy atom. The van der Waals surface area contributed by atoms with E-state index in [2.05, 4.69) is 5.32 Å². The Morgan fingerprint density at radius 2 is 1.88 bits per heavy atom. The first-order valence-electron chi connectivity index (χ1n) is 5.58. The van der Waals surface area contributed by atoms with Crippen molar-refractivity contribution in [3.8, 4) is 0 Å². The maximum Gasteiger partial charge on any atom is 0.251 e. The maximum atomic E-state index is 11.7. The largest absolute Gasteiger partial charge is 0.374 e. The van der Waals surface area contributed by atoms with Crippen LogP contribution >= 0.6 is 0 Å². The summed E-state index contributed by atoms with van der Waals surface area (Å²) in [5, 5.41) is 2.84. The monoisotopic (exact) mass is 221 g/mol. The Balaban J connectivity index is 2.36. The Bertz CT molecular complexity index is 322. The molecule has 0 radical (unpaired) electrons. The van der Waals surface area contributed by atoms with Crippen molar-refractivity contribution >= 4 is 5.91 Å². The molecule has 0 aliphatic heterocycles. The molecule has 0 aliphatic carbocycles. The van der Waals surface area contributed by atoms with Crippen LogP contribution in [0.1, 0.15) is 31.1 Å². The highest BCUT2D eigenvalue weighted by Gasteiger charge is 2.08. The predicted molar refractivity (Wildman–Crippen MR) is 64.5 cm³/mol. The summed E-state index contributed by atoms with van der Waals surface area (Å²) in [6.45, 7) is 6.45. The quantitative estimate of drug-likeness (QED) is 0.828. The van der Waals surface area contributed by atoms with Gasteiger partial charge in [0.25, 0.3) is 5.91 Å². The molecule has 1 aromatic carbocycles. The van der Waals surface area contributed by atoms with Crippen LogP contribution in [0.5, 0.6) is 0 Å². The molecular formula is C13H19NO2. The van der Waals surface area contributed by atoms with Crippen LogP contribution in [0.15, 0.2) is 30.3 Å². The van der Waals surface area contributed by atoms with Gasteiger partial charge < -0.3 is 10.1 Å². The smallest absolute Gasteiger partial charge is 0.251 e. The summed E-state index contributed by atoms with van der Waals surface area (Å²) in [6.07, 6.45) is 0.219. The number of amides is 1. The number of benzene rings is 1. The summed E-state index contributed by atoms with van der Waals surface area (Å²) in [7, 11) is 0. The van der Waals surface area contributed by atoms with Gasteiger partial charge in [-0.15, -0.1) is 0 Å². The van der Waals surface area contributed by atoms with E-state index in [0.717, 1.165) is 0 Å². The summed E-state index contributed by atoms with van der Waals surface area (Å²) in [4.78, 5) is 11.7. The molecule has 16 heavy (non-hydrogen) atoms. The fraction of sp³-hybridized carbons (Fsp3) is 0.462. The zero-order valence-electron chi connectivity index (χ0n) is 10.1. The fourth-order valence-corrected chi connectivity index (χ4v) is 1.44. The number of hydrogen-bond acceptors (Lipinski definition) is 2. The second-order valence-corrected chi connectivity index (χ2v) is 4.07. The highest BCUT2D eigenvalue weighted by Crippen LogP contribution is 1.99. The van der Waals surface area contributed by atoms with Gasteiger partial charge in [-0.3, -0.25) is 4.79 Å². The zero-order chi connectivity index (χ0) is 12.0. The van der Waals surface area contributed by atoms with E-state index in [4.69, 9.17) is 4.74 Å². The minimum Gasteiger partial charge on any atom is -0.374 e. The summed E-state index contributed by atoms with van der Waals surface area (Å²) in [5.74, 6) is -0.0557. The molecule has 1 aromatic rings. The Hall–Kier alpha value is -1.35. The molecule has 0 heterocycles. The first-order chi connectivity index (χ1) is 7.59. The fourth-order valence-electron chi connectivity index (χ4n) is 1.44. The number of hydrogen-bond donors (Lipinski definition) is 1. The number of rotatable bonds is 5. The van der Waals surface area contributed by atoms with Crippen LogP contribution in [0.3, 0.4) is 0 Å². The third-order valence-corrected chi connectivity index (χ3v) is 2.09. The lowest BCUT2D eigenvalue weighted by molar-refractivity contribution is 0.0194. The lowest BCUT2D eigenvalue weighted by Gasteiger charge is -2.16. The molecule has 0 aliphatic rings. The third kappa shape index (κ3) is 4.45. The summed E-state index contributed by atoms with van der Waals surface area (Å²) in [6, 6.07) is 9.18. The van der Waals surface area contributed by atoms with Crippen molar-refractivity contribution in [3.63, 3.8) is 0 Å². The molecule has 0 fully saturated rings. The van der Waals surface area contributed by atoms with Crippen molar-refractivity contribution in [3.05, 3.63) is 35.9 Å². The second kappa shape index (κ2) is 6.28. The molecule has 0 aromatic heterocycles. The van der Waals surface area contributed by atoms with E-state index in [1.54, 1.807) is 12.1 Å². The molecule has 1 unspecified atom stereocenters. The minimum atomic E-state index is -0.0557. The van der Waals surface area contributed by atoms with Gasteiger partial charge in [-0.1, -0.05) is 18.2 Å². The van der Waals surface area contributed by atoms with Crippen molar-refractivity contribution in [1.82, 2.24) is 5.32 Å². The second-order valence-electron chi connectivity index (χ2n) is 4.07. The first-order valence-corrected chi connectivity index (χ1v) is 5.58. The predicted octanol–water partition coefficient (Wildman–Crippen LogP) is 2.23. The lowest BCUT2D eigenvalue weighted by Crippen LogP contribution is -2.33. The van der Waals surface area contributed by atoms with Crippen molar-refractivity contribution < 1.29 is 9.53 Å². The van der Waals surface area contributed by atoms with E-state index >= 15 is 0 Å². The maximum absolute atomic E-state index is 11.7. The van der Waals surface area contributed by atoms with Gasteiger partial charge >= 0.3 is 0 Å². The van der Waals surface area contributed by atoms with Crippen LogP contribution in [0.4, 0.5) is 0 Å². The van der Waals surface area contributed by atoms with E-state index in [9.17, 15) is 4.79 Å². The molecular weight excluding hydrogens is 202 g/mol. The van der Waals surface area contributed by atoms with Gasteiger partial charge in [0.1, 0.15) is 0 Å². The first kappa shape index (κ1) is 12.7. The molecule has 0 saturated carbocycles.